The Kier molecular flexibility index (Phi) is 5.85. The third kappa shape index (κ3) is 4.35. The summed E-state index contributed by atoms with van der Waals surface area (Å²) in [4.78, 5) is 13.7. The summed E-state index contributed by atoms with van der Waals surface area (Å²) in [6, 6.07) is 6.93. The van der Waals surface area contributed by atoms with Crippen LogP contribution in [-0.2, 0) is 15.0 Å². The molecule has 1 aliphatic rings. The van der Waals surface area contributed by atoms with Crippen molar-refractivity contribution >= 4 is 27.7 Å². The number of nitrogens with zero attached hydrogens (tertiary/aromatic N) is 3. The predicted molar refractivity (Wildman–Crippen MR) is 87.7 cm³/mol. The van der Waals surface area contributed by atoms with E-state index < -0.39 is 10.2 Å². The third-order valence-electron chi connectivity index (χ3n) is 3.57. The van der Waals surface area contributed by atoms with Crippen LogP contribution in [0.4, 0.5) is 0 Å². The molecule has 0 atom stereocenters. The molecular formula is C14H20ClN3O4S. The summed E-state index contributed by atoms with van der Waals surface area (Å²) in [5.41, 5.74) is 0. The van der Waals surface area contributed by atoms with E-state index in [4.69, 9.17) is 16.3 Å². The lowest BCUT2D eigenvalue weighted by atomic mass is 10.3. The molecule has 0 aromatic heterocycles. The van der Waals surface area contributed by atoms with Crippen LogP contribution < -0.4 is 4.74 Å². The fraction of sp³-hybridized carbons (Fsp3) is 0.500. The number of amides is 1. The number of rotatable bonds is 5. The highest BCUT2D eigenvalue weighted by molar-refractivity contribution is 7.86. The average molecular weight is 362 g/mol. The molecule has 1 aromatic carbocycles. The van der Waals surface area contributed by atoms with Crippen LogP contribution in [0.5, 0.6) is 5.75 Å². The lowest BCUT2D eigenvalue weighted by Crippen LogP contribution is -2.53. The zero-order valence-electron chi connectivity index (χ0n) is 13.1. The van der Waals surface area contributed by atoms with Crippen molar-refractivity contribution in [3.8, 4) is 5.75 Å². The zero-order chi connectivity index (χ0) is 17.0. The quantitative estimate of drug-likeness (QED) is 0.773. The van der Waals surface area contributed by atoms with E-state index in [2.05, 4.69) is 0 Å². The summed E-state index contributed by atoms with van der Waals surface area (Å²) in [5, 5.41) is 0.446. The smallest absolute Gasteiger partial charge is 0.281 e. The Bertz CT molecular complexity index is 658. The van der Waals surface area contributed by atoms with Gasteiger partial charge in [-0.15, -0.1) is 0 Å². The van der Waals surface area contributed by atoms with Crippen LogP contribution in [0.1, 0.15) is 0 Å². The zero-order valence-corrected chi connectivity index (χ0v) is 14.7. The van der Waals surface area contributed by atoms with Gasteiger partial charge in [-0.25, -0.2) is 0 Å². The minimum absolute atomic E-state index is 0.121. The number of carbonyl (C=O) groups excluding carboxylic acids is 1. The largest absolute Gasteiger partial charge is 0.482 e. The van der Waals surface area contributed by atoms with Crippen molar-refractivity contribution in [1.29, 1.82) is 0 Å². The van der Waals surface area contributed by atoms with E-state index in [0.717, 1.165) is 0 Å². The summed E-state index contributed by atoms with van der Waals surface area (Å²) in [5.74, 6) is 0.267. The van der Waals surface area contributed by atoms with E-state index in [0.29, 0.717) is 23.9 Å². The molecule has 7 nitrogen and oxygen atoms in total. The molecule has 1 saturated heterocycles. The van der Waals surface area contributed by atoms with Gasteiger partial charge in [0.15, 0.2) is 6.61 Å². The van der Waals surface area contributed by atoms with Gasteiger partial charge in [0.05, 0.1) is 5.02 Å². The molecule has 1 fully saturated rings. The van der Waals surface area contributed by atoms with Crippen LogP contribution >= 0.6 is 11.6 Å². The number of benzene rings is 1. The number of hydrogen-bond donors (Lipinski definition) is 0. The Morgan fingerprint density at radius 2 is 1.83 bits per heavy atom. The average Bonchev–Trinajstić information content (AvgIpc) is 2.53. The first-order chi connectivity index (χ1) is 10.8. The standard InChI is InChI=1S/C14H20ClN3O4S/c1-16(2)23(20,21)18-9-7-17(8-10-18)14(19)11-22-13-6-4-3-5-12(13)15/h3-6H,7-11H2,1-2H3. The van der Waals surface area contributed by atoms with Crippen molar-refractivity contribution in [2.24, 2.45) is 0 Å². The normalized spacial score (nSPS) is 16.6. The monoisotopic (exact) mass is 361 g/mol. The number of carbonyl (C=O) groups is 1. The van der Waals surface area contributed by atoms with Crippen molar-refractivity contribution in [3.05, 3.63) is 29.3 Å². The molecule has 0 saturated carbocycles. The van der Waals surface area contributed by atoms with E-state index in [1.807, 2.05) is 0 Å². The van der Waals surface area contributed by atoms with Crippen LogP contribution in [-0.4, -0.2) is 74.7 Å². The Balaban J connectivity index is 1.86. The van der Waals surface area contributed by atoms with Gasteiger partial charge in [-0.2, -0.15) is 17.0 Å². The van der Waals surface area contributed by atoms with Gasteiger partial charge in [-0.3, -0.25) is 4.79 Å². The van der Waals surface area contributed by atoms with Gasteiger partial charge in [-0.05, 0) is 12.1 Å². The fourth-order valence-electron chi connectivity index (χ4n) is 2.19. The lowest BCUT2D eigenvalue weighted by Gasteiger charge is -2.35. The summed E-state index contributed by atoms with van der Waals surface area (Å²) >= 11 is 5.96. The highest BCUT2D eigenvalue weighted by Crippen LogP contribution is 2.23. The molecule has 0 radical (unpaired) electrons. The number of piperazine rings is 1. The maximum Gasteiger partial charge on any atom is 0.281 e. The van der Waals surface area contributed by atoms with Crippen LogP contribution in [0.25, 0.3) is 0 Å². The third-order valence-corrected chi connectivity index (χ3v) is 5.82. The van der Waals surface area contributed by atoms with Gasteiger partial charge >= 0.3 is 0 Å². The van der Waals surface area contributed by atoms with Crippen molar-refractivity contribution in [1.82, 2.24) is 13.5 Å². The molecule has 0 spiro atoms. The van der Waals surface area contributed by atoms with Gasteiger partial charge in [-0.1, -0.05) is 23.7 Å². The first-order valence-corrected chi connectivity index (χ1v) is 8.92. The Morgan fingerprint density at radius 3 is 2.39 bits per heavy atom. The molecule has 23 heavy (non-hydrogen) atoms. The first kappa shape index (κ1) is 18.0. The summed E-state index contributed by atoms with van der Waals surface area (Å²) in [7, 11) is -0.449. The van der Waals surface area contributed by atoms with Crippen molar-refractivity contribution in [3.63, 3.8) is 0 Å². The number of halogens is 1. The summed E-state index contributed by atoms with van der Waals surface area (Å²) in [6.07, 6.45) is 0. The lowest BCUT2D eigenvalue weighted by molar-refractivity contribution is -0.134. The van der Waals surface area contributed by atoms with E-state index in [1.165, 1.54) is 22.7 Å². The van der Waals surface area contributed by atoms with Crippen molar-refractivity contribution in [2.75, 3.05) is 46.9 Å². The Labute approximate surface area is 141 Å². The fourth-order valence-corrected chi connectivity index (χ4v) is 3.47. The SMILES string of the molecule is CN(C)S(=O)(=O)N1CCN(C(=O)COc2ccccc2Cl)CC1. The highest BCUT2D eigenvalue weighted by Gasteiger charge is 2.30. The number of para-hydroxylation sites is 1. The van der Waals surface area contributed by atoms with E-state index in [-0.39, 0.29) is 25.6 Å². The van der Waals surface area contributed by atoms with Gasteiger partial charge in [0.1, 0.15) is 5.75 Å². The van der Waals surface area contributed by atoms with Crippen molar-refractivity contribution in [2.45, 2.75) is 0 Å². The number of hydrogen-bond acceptors (Lipinski definition) is 4. The van der Waals surface area contributed by atoms with E-state index >= 15 is 0 Å². The molecule has 2 rings (SSSR count). The maximum atomic E-state index is 12.2. The molecule has 1 heterocycles. The minimum Gasteiger partial charge on any atom is -0.482 e. The second kappa shape index (κ2) is 7.48. The van der Waals surface area contributed by atoms with E-state index in [1.54, 1.807) is 29.2 Å². The maximum absolute atomic E-state index is 12.2. The molecule has 9 heteroatoms. The molecule has 0 bridgehead atoms. The summed E-state index contributed by atoms with van der Waals surface area (Å²) in [6.45, 7) is 1.12. The van der Waals surface area contributed by atoms with Gasteiger partial charge in [0, 0.05) is 40.3 Å². The molecule has 0 unspecified atom stereocenters. The topological polar surface area (TPSA) is 70.2 Å². The molecular weight excluding hydrogens is 342 g/mol. The second-order valence-corrected chi connectivity index (χ2v) is 7.84. The molecule has 0 N–H and O–H groups in total. The molecule has 1 aromatic rings. The molecule has 1 aliphatic heterocycles. The molecule has 128 valence electrons. The minimum atomic E-state index is -3.43. The van der Waals surface area contributed by atoms with E-state index in [9.17, 15) is 13.2 Å². The second-order valence-electron chi connectivity index (χ2n) is 5.29. The van der Waals surface area contributed by atoms with Gasteiger partial charge < -0.3 is 9.64 Å². The molecule has 0 aliphatic carbocycles. The van der Waals surface area contributed by atoms with Crippen LogP contribution in [0.3, 0.4) is 0 Å². The van der Waals surface area contributed by atoms with Gasteiger partial charge in [0.25, 0.3) is 16.1 Å². The van der Waals surface area contributed by atoms with Crippen molar-refractivity contribution < 1.29 is 17.9 Å². The van der Waals surface area contributed by atoms with Crippen LogP contribution in [0, 0.1) is 0 Å². The first-order valence-electron chi connectivity index (χ1n) is 7.15. The predicted octanol–water partition coefficient (Wildman–Crippen LogP) is 0.669. The summed E-state index contributed by atoms with van der Waals surface area (Å²) < 4.78 is 32.0. The molecule has 1 amide bonds. The highest BCUT2D eigenvalue weighted by atomic mass is 35.5. The van der Waals surface area contributed by atoms with Crippen LogP contribution in [0.2, 0.25) is 5.02 Å². The number of ether oxygens (including phenoxy) is 1. The van der Waals surface area contributed by atoms with Gasteiger partial charge in [0.2, 0.25) is 0 Å². The Hall–Kier alpha value is -1.35. The van der Waals surface area contributed by atoms with Crippen LogP contribution in [0.15, 0.2) is 24.3 Å². The Morgan fingerprint density at radius 1 is 1.22 bits per heavy atom.